The average Bonchev–Trinajstić information content (AvgIpc) is 2.60. The Kier molecular flexibility index (Phi) is 6.24. The summed E-state index contributed by atoms with van der Waals surface area (Å²) < 4.78 is 11.0. The monoisotopic (exact) mass is 327 g/mol. The Bertz CT molecular complexity index is 667. The minimum absolute atomic E-state index is 0.0261. The number of para-hydroxylation sites is 2. The molecule has 128 valence electrons. The van der Waals surface area contributed by atoms with Crippen LogP contribution in [0.3, 0.4) is 0 Å². The molecule has 0 unspecified atom stereocenters. The molecule has 0 bridgehead atoms. The Labute approximate surface area is 143 Å². The number of carbonyl (C=O) groups is 1. The molecule has 0 aromatic heterocycles. The van der Waals surface area contributed by atoms with Gasteiger partial charge in [0.05, 0.1) is 13.2 Å². The lowest BCUT2D eigenvalue weighted by molar-refractivity contribution is -0.128. The van der Waals surface area contributed by atoms with Crippen LogP contribution in [0.1, 0.15) is 37.4 Å². The highest BCUT2D eigenvalue weighted by Crippen LogP contribution is 2.27. The van der Waals surface area contributed by atoms with E-state index in [0.29, 0.717) is 11.5 Å². The molecule has 0 saturated heterocycles. The van der Waals surface area contributed by atoms with Gasteiger partial charge in [-0.15, -0.1) is 0 Å². The van der Waals surface area contributed by atoms with Crippen LogP contribution in [-0.4, -0.2) is 19.1 Å². The average molecular weight is 327 g/mol. The second-order valence-corrected chi connectivity index (χ2v) is 5.79. The number of amides is 1. The van der Waals surface area contributed by atoms with Crippen molar-refractivity contribution in [3.63, 3.8) is 0 Å². The van der Waals surface area contributed by atoms with E-state index in [-0.39, 0.29) is 11.9 Å². The van der Waals surface area contributed by atoms with Gasteiger partial charge in [-0.3, -0.25) is 4.79 Å². The van der Waals surface area contributed by atoms with Gasteiger partial charge in [0.25, 0.3) is 5.91 Å². The third kappa shape index (κ3) is 4.51. The molecule has 4 nitrogen and oxygen atoms in total. The van der Waals surface area contributed by atoms with E-state index in [1.807, 2.05) is 19.1 Å². The number of methoxy groups -OCH3 is 1. The molecule has 0 heterocycles. The molecule has 2 aromatic rings. The number of nitrogens with one attached hydrogen (secondary N) is 1. The van der Waals surface area contributed by atoms with Crippen molar-refractivity contribution in [3.8, 4) is 11.5 Å². The number of hydrogen-bond acceptors (Lipinski definition) is 3. The van der Waals surface area contributed by atoms with Crippen LogP contribution >= 0.6 is 0 Å². The lowest BCUT2D eigenvalue weighted by Crippen LogP contribution is -2.38. The second kappa shape index (κ2) is 8.39. The van der Waals surface area contributed by atoms with Crippen molar-refractivity contribution < 1.29 is 14.3 Å². The lowest BCUT2D eigenvalue weighted by Gasteiger charge is -2.21. The zero-order valence-electron chi connectivity index (χ0n) is 14.7. The molecule has 0 aliphatic rings. The van der Waals surface area contributed by atoms with Crippen LogP contribution in [-0.2, 0) is 4.79 Å². The van der Waals surface area contributed by atoms with Gasteiger partial charge >= 0.3 is 0 Å². The number of benzene rings is 2. The van der Waals surface area contributed by atoms with Gasteiger partial charge in [0.1, 0.15) is 0 Å². The molecule has 0 aliphatic heterocycles. The summed E-state index contributed by atoms with van der Waals surface area (Å²) in [5.41, 5.74) is 2.30. The van der Waals surface area contributed by atoms with Crippen molar-refractivity contribution in [1.82, 2.24) is 5.32 Å². The van der Waals surface area contributed by atoms with E-state index in [2.05, 4.69) is 36.5 Å². The van der Waals surface area contributed by atoms with E-state index in [0.717, 1.165) is 12.0 Å². The van der Waals surface area contributed by atoms with Gasteiger partial charge in [0.2, 0.25) is 0 Å². The Morgan fingerprint density at radius 3 is 2.29 bits per heavy atom. The summed E-state index contributed by atoms with van der Waals surface area (Å²) in [5, 5.41) is 3.06. The fraction of sp³-hybridized carbons (Fsp3) is 0.350. The Balaban J connectivity index is 2.03. The van der Waals surface area contributed by atoms with Crippen molar-refractivity contribution in [3.05, 3.63) is 59.7 Å². The third-order valence-corrected chi connectivity index (χ3v) is 3.95. The summed E-state index contributed by atoms with van der Waals surface area (Å²) >= 11 is 0. The van der Waals surface area contributed by atoms with Gasteiger partial charge in [-0.05, 0) is 38.0 Å². The first-order chi connectivity index (χ1) is 11.5. The minimum atomic E-state index is -0.610. The van der Waals surface area contributed by atoms with Crippen LogP contribution in [0.5, 0.6) is 11.5 Å². The summed E-state index contributed by atoms with van der Waals surface area (Å²) in [6.45, 7) is 5.84. The van der Waals surface area contributed by atoms with E-state index in [1.54, 1.807) is 26.2 Å². The van der Waals surface area contributed by atoms with E-state index >= 15 is 0 Å². The van der Waals surface area contributed by atoms with Crippen LogP contribution in [0, 0.1) is 6.92 Å². The quantitative estimate of drug-likeness (QED) is 0.835. The Hall–Kier alpha value is -2.49. The lowest BCUT2D eigenvalue weighted by atomic mass is 10.0. The molecule has 4 heteroatoms. The van der Waals surface area contributed by atoms with Gasteiger partial charge in [-0.1, -0.05) is 48.9 Å². The van der Waals surface area contributed by atoms with Crippen LogP contribution in [0.2, 0.25) is 0 Å². The molecule has 2 atom stereocenters. The molecule has 1 N–H and O–H groups in total. The van der Waals surface area contributed by atoms with Crippen LogP contribution in [0.15, 0.2) is 48.5 Å². The van der Waals surface area contributed by atoms with E-state index in [9.17, 15) is 4.79 Å². The van der Waals surface area contributed by atoms with Crippen molar-refractivity contribution in [1.29, 1.82) is 0 Å². The van der Waals surface area contributed by atoms with Crippen LogP contribution < -0.4 is 14.8 Å². The molecule has 1 amide bonds. The highest BCUT2D eigenvalue weighted by molar-refractivity contribution is 5.81. The predicted octanol–water partition coefficient (Wildman–Crippen LogP) is 4.04. The van der Waals surface area contributed by atoms with Crippen molar-refractivity contribution >= 4 is 5.91 Å². The van der Waals surface area contributed by atoms with Gasteiger partial charge < -0.3 is 14.8 Å². The number of rotatable bonds is 7. The van der Waals surface area contributed by atoms with Crippen molar-refractivity contribution in [2.24, 2.45) is 0 Å². The SMILES string of the molecule is CC[C@@H](NC(=O)[C@@H](C)Oc1ccccc1OC)c1ccc(C)cc1. The van der Waals surface area contributed by atoms with E-state index in [4.69, 9.17) is 9.47 Å². The summed E-state index contributed by atoms with van der Waals surface area (Å²) in [5.74, 6) is 1.03. The maximum Gasteiger partial charge on any atom is 0.261 e. The minimum Gasteiger partial charge on any atom is -0.493 e. The van der Waals surface area contributed by atoms with Crippen LogP contribution in [0.4, 0.5) is 0 Å². The van der Waals surface area contributed by atoms with Gasteiger partial charge in [-0.25, -0.2) is 0 Å². The van der Waals surface area contributed by atoms with E-state index in [1.165, 1.54) is 5.56 Å². The Morgan fingerprint density at radius 2 is 1.71 bits per heavy atom. The van der Waals surface area contributed by atoms with Crippen molar-refractivity contribution in [2.45, 2.75) is 39.3 Å². The molecule has 0 aliphatic carbocycles. The normalized spacial score (nSPS) is 13.0. The highest BCUT2D eigenvalue weighted by Gasteiger charge is 2.20. The molecule has 2 rings (SSSR count). The maximum absolute atomic E-state index is 12.5. The fourth-order valence-corrected chi connectivity index (χ4v) is 2.47. The number of hydrogen-bond donors (Lipinski definition) is 1. The van der Waals surface area contributed by atoms with Gasteiger partial charge in [0, 0.05) is 0 Å². The van der Waals surface area contributed by atoms with E-state index < -0.39 is 6.10 Å². The standard InChI is InChI=1S/C20H25NO3/c1-5-17(16-12-10-14(2)11-13-16)21-20(22)15(3)24-19-9-7-6-8-18(19)23-4/h6-13,15,17H,5H2,1-4H3,(H,21,22)/t15-,17-/m1/s1. The van der Waals surface area contributed by atoms with Crippen molar-refractivity contribution in [2.75, 3.05) is 7.11 Å². The largest absolute Gasteiger partial charge is 0.493 e. The molecule has 24 heavy (non-hydrogen) atoms. The van der Waals surface area contributed by atoms with Gasteiger partial charge in [0.15, 0.2) is 17.6 Å². The molecule has 0 saturated carbocycles. The summed E-state index contributed by atoms with van der Waals surface area (Å²) in [7, 11) is 1.58. The molecule has 0 spiro atoms. The maximum atomic E-state index is 12.5. The molecule has 2 aromatic carbocycles. The topological polar surface area (TPSA) is 47.6 Å². The molecule has 0 fully saturated rings. The summed E-state index contributed by atoms with van der Waals surface area (Å²) in [6.07, 6.45) is 0.205. The second-order valence-electron chi connectivity index (χ2n) is 5.79. The first-order valence-electron chi connectivity index (χ1n) is 8.21. The van der Waals surface area contributed by atoms with Crippen LogP contribution in [0.25, 0.3) is 0 Å². The third-order valence-electron chi connectivity index (χ3n) is 3.95. The number of aryl methyl sites for hydroxylation is 1. The smallest absolute Gasteiger partial charge is 0.261 e. The Morgan fingerprint density at radius 1 is 1.08 bits per heavy atom. The molecular formula is C20H25NO3. The summed E-state index contributed by atoms with van der Waals surface area (Å²) in [6, 6.07) is 15.5. The highest BCUT2D eigenvalue weighted by atomic mass is 16.5. The fourth-order valence-electron chi connectivity index (χ4n) is 2.47. The number of carbonyl (C=O) groups excluding carboxylic acids is 1. The van der Waals surface area contributed by atoms with Gasteiger partial charge in [-0.2, -0.15) is 0 Å². The first-order valence-corrected chi connectivity index (χ1v) is 8.21. The first kappa shape index (κ1) is 17.9. The molecular weight excluding hydrogens is 302 g/mol. The number of ether oxygens (including phenoxy) is 2. The zero-order valence-corrected chi connectivity index (χ0v) is 14.7. The summed E-state index contributed by atoms with van der Waals surface area (Å²) in [4.78, 5) is 12.5. The predicted molar refractivity (Wildman–Crippen MR) is 95.4 cm³/mol. The molecule has 0 radical (unpaired) electrons. The zero-order chi connectivity index (χ0) is 17.5.